The molecule has 3 aromatic rings. The van der Waals surface area contributed by atoms with Crippen molar-refractivity contribution in [2.45, 2.75) is 34.1 Å². The first-order chi connectivity index (χ1) is 14.4. The van der Waals surface area contributed by atoms with E-state index in [1.807, 2.05) is 69.6 Å². The summed E-state index contributed by atoms with van der Waals surface area (Å²) in [5.74, 6) is 1.71. The fourth-order valence-electron chi connectivity index (χ4n) is 3.97. The maximum Gasteiger partial charge on any atom is 0.338 e. The van der Waals surface area contributed by atoms with Crippen LogP contribution in [0.2, 0.25) is 0 Å². The molecule has 0 aliphatic heterocycles. The van der Waals surface area contributed by atoms with E-state index < -0.39 is 0 Å². The lowest BCUT2D eigenvalue weighted by Gasteiger charge is -2.12. The van der Waals surface area contributed by atoms with Gasteiger partial charge in [-0.15, -0.1) is 8.20 Å². The molecule has 0 unspecified atom stereocenters. The first-order valence-corrected chi connectivity index (χ1v) is 11.5. The maximum absolute atomic E-state index is 15.3. The highest BCUT2D eigenvalue weighted by Crippen LogP contribution is 2.34. The first-order valence-electron chi connectivity index (χ1n) is 10.1. The van der Waals surface area contributed by atoms with Crippen molar-refractivity contribution in [3.8, 4) is 0 Å². The van der Waals surface area contributed by atoms with Crippen molar-refractivity contribution in [2.24, 2.45) is 0 Å². The predicted molar refractivity (Wildman–Crippen MR) is 126 cm³/mol. The number of hydrogen-bond acceptors (Lipinski definition) is 2. The number of carbonyl (C=O) groups is 1. The third-order valence-electron chi connectivity index (χ3n) is 5.44. The molecule has 0 radical (unpaired) electrons. The minimum absolute atomic E-state index is 0.310. The third kappa shape index (κ3) is 3.97. The van der Waals surface area contributed by atoms with Gasteiger partial charge in [0.05, 0.1) is 23.4 Å². The van der Waals surface area contributed by atoms with Crippen LogP contribution in [-0.4, -0.2) is 29.8 Å². The van der Waals surface area contributed by atoms with E-state index in [9.17, 15) is 4.79 Å². The molecular formula is C25H27FNO2P. The van der Waals surface area contributed by atoms with Crippen molar-refractivity contribution in [1.29, 1.82) is 0 Å². The molecule has 3 nitrogen and oxygen atoms in total. The molecular weight excluding hydrogens is 396 g/mol. The number of hydrogen-bond donors (Lipinski definition) is 0. The van der Waals surface area contributed by atoms with Crippen LogP contribution in [0.5, 0.6) is 0 Å². The highest BCUT2D eigenvalue weighted by molar-refractivity contribution is 7.39. The van der Waals surface area contributed by atoms with Crippen LogP contribution >= 0.6 is 8.20 Å². The van der Waals surface area contributed by atoms with Gasteiger partial charge in [0.15, 0.2) is 0 Å². The molecule has 30 heavy (non-hydrogen) atoms. The molecule has 0 bridgehead atoms. The molecule has 3 rings (SSSR count). The van der Waals surface area contributed by atoms with Crippen molar-refractivity contribution in [3.63, 3.8) is 0 Å². The number of allylic oxidation sites excluding steroid dienone is 2. The Balaban J connectivity index is 2.13. The summed E-state index contributed by atoms with van der Waals surface area (Å²) >= 11 is 0. The lowest BCUT2D eigenvalue weighted by atomic mass is 9.94. The molecule has 0 amide bonds. The SMILES string of the molecule is C/C=C(\C=PC)c1c(C)c2c(Cc3cccc(C(=O)OCC)c3C)cccc2n1F. The van der Waals surface area contributed by atoms with Crippen molar-refractivity contribution >= 4 is 36.4 Å². The van der Waals surface area contributed by atoms with Crippen LogP contribution in [0.25, 0.3) is 16.5 Å². The second kappa shape index (κ2) is 9.40. The van der Waals surface area contributed by atoms with E-state index in [2.05, 4.69) is 0 Å². The van der Waals surface area contributed by atoms with Crippen molar-refractivity contribution in [2.75, 3.05) is 13.3 Å². The molecule has 0 saturated carbocycles. The van der Waals surface area contributed by atoms with E-state index in [1.54, 1.807) is 13.0 Å². The molecule has 1 aromatic heterocycles. The molecule has 156 valence electrons. The number of esters is 1. The third-order valence-corrected chi connectivity index (χ3v) is 5.98. The molecule has 2 aromatic carbocycles. The van der Waals surface area contributed by atoms with Crippen molar-refractivity contribution < 1.29 is 14.0 Å². The van der Waals surface area contributed by atoms with Crippen LogP contribution in [0.1, 0.15) is 52.2 Å². The Morgan fingerprint density at radius 3 is 2.50 bits per heavy atom. The molecule has 0 aliphatic carbocycles. The molecule has 1 heterocycles. The molecule has 0 spiro atoms. The number of nitrogens with zero attached hydrogens (tertiary/aromatic N) is 1. The molecule has 5 heteroatoms. The van der Waals surface area contributed by atoms with Gasteiger partial charge >= 0.3 is 5.97 Å². The van der Waals surface area contributed by atoms with Gasteiger partial charge in [-0.2, -0.15) is 4.79 Å². The minimum atomic E-state index is -0.310. The van der Waals surface area contributed by atoms with Gasteiger partial charge < -0.3 is 4.74 Å². The van der Waals surface area contributed by atoms with Crippen LogP contribution in [0.4, 0.5) is 4.48 Å². The van der Waals surface area contributed by atoms with E-state index in [0.29, 0.717) is 29.8 Å². The average molecular weight is 423 g/mol. The summed E-state index contributed by atoms with van der Waals surface area (Å²) in [5.41, 5.74) is 6.54. The van der Waals surface area contributed by atoms with Gasteiger partial charge in [-0.25, -0.2) is 4.79 Å². The summed E-state index contributed by atoms with van der Waals surface area (Å²) < 4.78 is 20.5. The summed E-state index contributed by atoms with van der Waals surface area (Å²) in [7, 11) is 1.08. The molecule has 0 N–H and O–H groups in total. The summed E-state index contributed by atoms with van der Waals surface area (Å²) in [6, 6.07) is 11.4. The number of fused-ring (bicyclic) bond motifs is 1. The van der Waals surface area contributed by atoms with Gasteiger partial charge in [0.2, 0.25) is 0 Å². The second-order valence-electron chi connectivity index (χ2n) is 7.18. The number of benzene rings is 2. The van der Waals surface area contributed by atoms with Gasteiger partial charge in [0, 0.05) is 11.0 Å². The summed E-state index contributed by atoms with van der Waals surface area (Å²) in [6.07, 6.45) is 2.56. The standard InChI is InChI=1S/C25H27FNO2P/c1-6-18(15-30-5)24-17(4)23-20(11-9-13-22(23)27(24)26)14-19-10-8-12-21(16(19)3)25(28)29-7-2/h6,8-13,15H,7,14H2,1-5H3/b18-6+. The monoisotopic (exact) mass is 423 g/mol. The Morgan fingerprint density at radius 1 is 1.13 bits per heavy atom. The highest BCUT2D eigenvalue weighted by atomic mass is 31.1. The van der Waals surface area contributed by atoms with Crippen LogP contribution in [0.3, 0.4) is 0 Å². The average Bonchev–Trinajstić information content (AvgIpc) is 2.99. The van der Waals surface area contributed by atoms with Crippen LogP contribution < -0.4 is 0 Å². The molecule has 0 atom stereocenters. The fourth-order valence-corrected chi connectivity index (χ4v) is 4.52. The Kier molecular flexibility index (Phi) is 6.89. The highest BCUT2D eigenvalue weighted by Gasteiger charge is 2.20. The van der Waals surface area contributed by atoms with E-state index in [4.69, 9.17) is 4.74 Å². The van der Waals surface area contributed by atoms with Gasteiger partial charge in [0.1, 0.15) is 0 Å². The number of aromatic nitrogens is 1. The molecule has 0 fully saturated rings. The smallest absolute Gasteiger partial charge is 0.338 e. The van der Waals surface area contributed by atoms with E-state index in [-0.39, 0.29) is 5.97 Å². The van der Waals surface area contributed by atoms with Crippen molar-refractivity contribution in [3.05, 3.63) is 76.0 Å². The maximum atomic E-state index is 15.3. The minimum Gasteiger partial charge on any atom is -0.462 e. The van der Waals surface area contributed by atoms with E-state index >= 15 is 4.48 Å². The Bertz CT molecular complexity index is 1160. The fraction of sp³-hybridized carbons (Fsp3) is 0.280. The van der Waals surface area contributed by atoms with Gasteiger partial charge in [-0.05, 0) is 81.0 Å². The zero-order valence-corrected chi connectivity index (χ0v) is 19.0. The Hall–Kier alpha value is -2.71. The van der Waals surface area contributed by atoms with E-state index in [0.717, 1.165) is 46.2 Å². The number of halogens is 1. The topological polar surface area (TPSA) is 31.2 Å². The Labute approximate surface area is 178 Å². The number of rotatable bonds is 6. The largest absolute Gasteiger partial charge is 0.462 e. The van der Waals surface area contributed by atoms with Gasteiger partial charge in [0.25, 0.3) is 0 Å². The number of aryl methyl sites for hydroxylation is 1. The van der Waals surface area contributed by atoms with Crippen LogP contribution in [0, 0.1) is 13.8 Å². The normalized spacial score (nSPS) is 12.1. The van der Waals surface area contributed by atoms with Crippen molar-refractivity contribution in [1.82, 2.24) is 4.79 Å². The molecule has 0 aliphatic rings. The Morgan fingerprint density at radius 2 is 1.83 bits per heavy atom. The van der Waals surface area contributed by atoms with Crippen LogP contribution in [-0.2, 0) is 11.2 Å². The first kappa shape index (κ1) is 22.0. The molecule has 0 saturated heterocycles. The van der Waals surface area contributed by atoms with Crippen LogP contribution in [0.15, 0.2) is 42.5 Å². The lowest BCUT2D eigenvalue weighted by Crippen LogP contribution is -2.08. The summed E-state index contributed by atoms with van der Waals surface area (Å²) in [5, 5.41) is 0.927. The summed E-state index contributed by atoms with van der Waals surface area (Å²) in [4.78, 5) is 13.1. The lowest BCUT2D eigenvalue weighted by molar-refractivity contribution is 0.0525. The van der Waals surface area contributed by atoms with Gasteiger partial charge in [-0.3, -0.25) is 0 Å². The van der Waals surface area contributed by atoms with Gasteiger partial charge in [-0.1, -0.05) is 34.8 Å². The second-order valence-corrected chi connectivity index (χ2v) is 7.96. The summed E-state index contributed by atoms with van der Waals surface area (Å²) in [6.45, 7) is 10.0. The quantitative estimate of drug-likeness (QED) is 0.333. The predicted octanol–water partition coefficient (Wildman–Crippen LogP) is 6.54. The number of ether oxygens (including phenoxy) is 1. The zero-order chi connectivity index (χ0) is 21.8. The zero-order valence-electron chi connectivity index (χ0n) is 18.1. The number of carbonyl (C=O) groups excluding carboxylic acids is 1. The van der Waals surface area contributed by atoms with E-state index in [1.165, 1.54) is 0 Å².